The standard InChI is InChI=1S/C22H25N5OS/c1-13-10-11-15(12-23-13)19-17-8-5-9-18-21(29-22(25-18)24-14(2)28)20(17)27(26-19)16-6-3-4-7-16/h10-12,16H,3-9H2,1-2H3,(H,24,25,28). The zero-order chi connectivity index (χ0) is 20.0. The average molecular weight is 408 g/mol. The second-order valence-electron chi connectivity index (χ2n) is 8.08. The Hall–Kier alpha value is -2.54. The zero-order valence-electron chi connectivity index (χ0n) is 16.9. The van der Waals surface area contributed by atoms with Crippen LogP contribution in [0.5, 0.6) is 0 Å². The third-order valence-corrected chi connectivity index (χ3v) is 6.92. The van der Waals surface area contributed by atoms with Gasteiger partial charge in [0.25, 0.3) is 0 Å². The number of nitrogens with one attached hydrogen (secondary N) is 1. The smallest absolute Gasteiger partial charge is 0.223 e. The molecule has 1 saturated carbocycles. The molecule has 0 aliphatic heterocycles. The van der Waals surface area contributed by atoms with Crippen molar-refractivity contribution in [3.63, 3.8) is 0 Å². The number of amides is 1. The summed E-state index contributed by atoms with van der Waals surface area (Å²) >= 11 is 1.58. The second-order valence-corrected chi connectivity index (χ2v) is 9.08. The van der Waals surface area contributed by atoms with Gasteiger partial charge in [0.15, 0.2) is 5.13 Å². The van der Waals surface area contributed by atoms with Crippen molar-refractivity contribution in [3.8, 4) is 21.8 Å². The number of hydrogen-bond donors (Lipinski definition) is 1. The van der Waals surface area contributed by atoms with E-state index < -0.39 is 0 Å². The highest BCUT2D eigenvalue weighted by molar-refractivity contribution is 7.19. The molecule has 3 aromatic rings. The Kier molecular flexibility index (Phi) is 4.70. The van der Waals surface area contributed by atoms with Gasteiger partial charge in [-0.1, -0.05) is 24.2 Å². The Morgan fingerprint density at radius 1 is 1.21 bits per heavy atom. The third-order valence-electron chi connectivity index (χ3n) is 5.90. The SMILES string of the molecule is CC(=O)Nc1nc2c(s1)-c1c(c(-c3ccc(C)nc3)nn1C1CCCC1)CCC2. The van der Waals surface area contributed by atoms with E-state index in [1.165, 1.54) is 48.7 Å². The first-order valence-electron chi connectivity index (χ1n) is 10.4. The van der Waals surface area contributed by atoms with Crippen molar-refractivity contribution in [1.29, 1.82) is 0 Å². The summed E-state index contributed by atoms with van der Waals surface area (Å²) in [6.07, 6.45) is 9.75. The van der Waals surface area contributed by atoms with E-state index in [2.05, 4.69) is 27.1 Å². The Labute approximate surface area is 174 Å². The predicted octanol–water partition coefficient (Wildman–Crippen LogP) is 4.94. The van der Waals surface area contributed by atoms with E-state index in [0.717, 1.165) is 41.9 Å². The van der Waals surface area contributed by atoms with Crippen LogP contribution in [0.4, 0.5) is 5.13 Å². The fourth-order valence-corrected chi connectivity index (χ4v) is 5.67. The lowest BCUT2D eigenvalue weighted by molar-refractivity contribution is -0.114. The number of carbonyl (C=O) groups excluding carboxylic acids is 1. The summed E-state index contributed by atoms with van der Waals surface area (Å²) in [7, 11) is 0. The van der Waals surface area contributed by atoms with Crippen molar-refractivity contribution in [2.45, 2.75) is 64.8 Å². The van der Waals surface area contributed by atoms with Gasteiger partial charge in [0.1, 0.15) is 0 Å². The molecule has 29 heavy (non-hydrogen) atoms. The maximum Gasteiger partial charge on any atom is 0.223 e. The second kappa shape index (κ2) is 7.37. The number of thiazole rings is 1. The maximum absolute atomic E-state index is 11.6. The molecule has 1 amide bonds. The number of carbonyl (C=O) groups is 1. The van der Waals surface area contributed by atoms with Crippen LogP contribution < -0.4 is 5.32 Å². The summed E-state index contributed by atoms with van der Waals surface area (Å²) in [6, 6.07) is 4.62. The number of anilines is 1. The van der Waals surface area contributed by atoms with Crippen LogP contribution in [0.2, 0.25) is 0 Å². The molecule has 3 aromatic heterocycles. The third kappa shape index (κ3) is 3.37. The molecule has 3 heterocycles. The van der Waals surface area contributed by atoms with Gasteiger partial charge in [-0.05, 0) is 51.2 Å². The van der Waals surface area contributed by atoms with Crippen molar-refractivity contribution in [3.05, 3.63) is 35.3 Å². The Bertz CT molecular complexity index is 1060. The van der Waals surface area contributed by atoms with Crippen LogP contribution in [-0.4, -0.2) is 25.7 Å². The van der Waals surface area contributed by atoms with Gasteiger partial charge < -0.3 is 5.32 Å². The van der Waals surface area contributed by atoms with E-state index >= 15 is 0 Å². The number of fused-ring (bicyclic) bond motifs is 3. The number of hydrogen-bond acceptors (Lipinski definition) is 5. The minimum atomic E-state index is -0.0788. The van der Waals surface area contributed by atoms with Crippen LogP contribution in [0.25, 0.3) is 21.8 Å². The summed E-state index contributed by atoms with van der Waals surface area (Å²) in [4.78, 5) is 22.0. The molecule has 0 spiro atoms. The zero-order valence-corrected chi connectivity index (χ0v) is 17.7. The number of nitrogens with zero attached hydrogens (tertiary/aromatic N) is 4. The molecule has 7 heteroatoms. The summed E-state index contributed by atoms with van der Waals surface area (Å²) in [6.45, 7) is 3.54. The lowest BCUT2D eigenvalue weighted by atomic mass is 10.0. The van der Waals surface area contributed by atoms with Crippen LogP contribution in [0.1, 0.15) is 62.0 Å². The van der Waals surface area contributed by atoms with Gasteiger partial charge in [-0.25, -0.2) is 4.98 Å². The van der Waals surface area contributed by atoms with E-state index in [0.29, 0.717) is 11.2 Å². The van der Waals surface area contributed by atoms with Gasteiger partial charge in [-0.3, -0.25) is 14.5 Å². The topological polar surface area (TPSA) is 72.7 Å². The van der Waals surface area contributed by atoms with E-state index in [4.69, 9.17) is 10.1 Å². The quantitative estimate of drug-likeness (QED) is 0.667. The molecule has 2 aliphatic rings. The van der Waals surface area contributed by atoms with Gasteiger partial charge in [-0.15, -0.1) is 0 Å². The molecule has 0 radical (unpaired) electrons. The summed E-state index contributed by atoms with van der Waals surface area (Å²) in [5, 5.41) is 8.72. The van der Waals surface area contributed by atoms with Crippen molar-refractivity contribution < 1.29 is 4.79 Å². The van der Waals surface area contributed by atoms with Crippen LogP contribution >= 0.6 is 11.3 Å². The monoisotopic (exact) mass is 407 g/mol. The van der Waals surface area contributed by atoms with Crippen LogP contribution in [0.15, 0.2) is 18.3 Å². The van der Waals surface area contributed by atoms with Crippen molar-refractivity contribution >= 4 is 22.4 Å². The molecule has 1 N–H and O–H groups in total. The lowest BCUT2D eigenvalue weighted by Crippen LogP contribution is -2.08. The highest BCUT2D eigenvalue weighted by Crippen LogP contribution is 2.45. The fourth-order valence-electron chi connectivity index (χ4n) is 4.54. The van der Waals surface area contributed by atoms with E-state index in [1.54, 1.807) is 11.3 Å². The van der Waals surface area contributed by atoms with Crippen molar-refractivity contribution in [2.75, 3.05) is 5.32 Å². The Balaban J connectivity index is 1.70. The molecule has 0 unspecified atom stereocenters. The molecule has 150 valence electrons. The number of aromatic nitrogens is 4. The van der Waals surface area contributed by atoms with Crippen molar-refractivity contribution in [1.82, 2.24) is 19.7 Å². The fraction of sp³-hybridized carbons (Fsp3) is 0.455. The van der Waals surface area contributed by atoms with Gasteiger partial charge in [-0.2, -0.15) is 5.10 Å². The maximum atomic E-state index is 11.6. The van der Waals surface area contributed by atoms with Crippen LogP contribution in [0, 0.1) is 6.92 Å². The molecule has 2 aliphatic carbocycles. The van der Waals surface area contributed by atoms with Crippen LogP contribution in [-0.2, 0) is 17.6 Å². The summed E-state index contributed by atoms with van der Waals surface area (Å²) < 4.78 is 2.28. The van der Waals surface area contributed by atoms with E-state index in [-0.39, 0.29) is 5.91 Å². The summed E-state index contributed by atoms with van der Waals surface area (Å²) in [5.41, 5.74) is 6.76. The largest absolute Gasteiger partial charge is 0.302 e. The lowest BCUT2D eigenvalue weighted by Gasteiger charge is -2.14. The van der Waals surface area contributed by atoms with Gasteiger partial charge in [0, 0.05) is 29.9 Å². The molecular formula is C22H25N5OS. The molecular weight excluding hydrogens is 382 g/mol. The number of pyridine rings is 1. The first kappa shape index (κ1) is 18.5. The minimum Gasteiger partial charge on any atom is -0.302 e. The molecule has 0 saturated heterocycles. The van der Waals surface area contributed by atoms with Crippen molar-refractivity contribution in [2.24, 2.45) is 0 Å². The molecule has 5 rings (SSSR count). The average Bonchev–Trinajstić information content (AvgIpc) is 3.39. The number of rotatable bonds is 3. The highest BCUT2D eigenvalue weighted by atomic mass is 32.1. The molecule has 0 atom stereocenters. The van der Waals surface area contributed by atoms with Gasteiger partial charge >= 0.3 is 0 Å². The minimum absolute atomic E-state index is 0.0788. The van der Waals surface area contributed by atoms with Crippen LogP contribution in [0.3, 0.4) is 0 Å². The summed E-state index contributed by atoms with van der Waals surface area (Å²) in [5.74, 6) is -0.0788. The first-order chi connectivity index (χ1) is 14.1. The van der Waals surface area contributed by atoms with E-state index in [1.807, 2.05) is 13.1 Å². The molecule has 0 aromatic carbocycles. The molecule has 1 fully saturated rings. The Morgan fingerprint density at radius 2 is 2.03 bits per heavy atom. The van der Waals surface area contributed by atoms with E-state index in [9.17, 15) is 4.79 Å². The molecule has 6 nitrogen and oxygen atoms in total. The Morgan fingerprint density at radius 3 is 2.76 bits per heavy atom. The van der Waals surface area contributed by atoms with Gasteiger partial charge in [0.05, 0.1) is 28.0 Å². The highest BCUT2D eigenvalue weighted by Gasteiger charge is 2.31. The number of aryl methyl sites for hydroxylation is 2. The normalized spacial score (nSPS) is 16.3. The molecule has 0 bridgehead atoms. The predicted molar refractivity (Wildman–Crippen MR) is 115 cm³/mol. The first-order valence-corrected chi connectivity index (χ1v) is 11.2. The van der Waals surface area contributed by atoms with Gasteiger partial charge in [0.2, 0.25) is 5.91 Å².